The van der Waals surface area contributed by atoms with Crippen LogP contribution in [0, 0.1) is 0 Å². The smallest absolute Gasteiger partial charge is 0.0655 e. The van der Waals surface area contributed by atoms with Crippen molar-refractivity contribution in [2.24, 2.45) is 0 Å². The molecular formula is C10H10N2S. The Bertz CT molecular complexity index is 342. The zero-order valence-corrected chi connectivity index (χ0v) is 7.92. The van der Waals surface area contributed by atoms with Crippen molar-refractivity contribution in [3.05, 3.63) is 47.5 Å². The minimum absolute atomic E-state index is 0.860. The van der Waals surface area contributed by atoms with Crippen molar-refractivity contribution in [2.75, 3.05) is 5.32 Å². The summed E-state index contributed by atoms with van der Waals surface area (Å²) in [5.41, 5.74) is 2.38. The summed E-state index contributed by atoms with van der Waals surface area (Å²) >= 11 is 1.46. The molecule has 1 N–H and O–H groups in total. The quantitative estimate of drug-likeness (QED) is 0.805. The molecule has 0 aliphatic heterocycles. The fourth-order valence-corrected chi connectivity index (χ4v) is 1.59. The molecule has 0 radical (unpaired) electrons. The second-order valence-corrected chi connectivity index (χ2v) is 3.41. The highest BCUT2D eigenvalue weighted by molar-refractivity contribution is 7.04. The summed E-state index contributed by atoms with van der Waals surface area (Å²) in [7, 11) is 0. The Morgan fingerprint density at radius 3 is 2.77 bits per heavy atom. The van der Waals surface area contributed by atoms with Crippen LogP contribution in [0.3, 0.4) is 0 Å². The van der Waals surface area contributed by atoms with E-state index in [1.54, 1.807) is 0 Å². The molecule has 1 heterocycles. The highest BCUT2D eigenvalue weighted by atomic mass is 32.1. The highest BCUT2D eigenvalue weighted by Crippen LogP contribution is 2.09. The monoisotopic (exact) mass is 190 g/mol. The molecule has 2 rings (SSSR count). The van der Waals surface area contributed by atoms with Crippen molar-refractivity contribution < 1.29 is 0 Å². The number of nitrogens with zero attached hydrogens (tertiary/aromatic N) is 1. The Hall–Kier alpha value is -1.35. The Balaban J connectivity index is 1.94. The van der Waals surface area contributed by atoms with E-state index >= 15 is 0 Å². The van der Waals surface area contributed by atoms with Gasteiger partial charge in [0, 0.05) is 11.9 Å². The topological polar surface area (TPSA) is 24.9 Å². The molecule has 3 heteroatoms. The van der Waals surface area contributed by atoms with Crippen LogP contribution in [0.15, 0.2) is 41.9 Å². The van der Waals surface area contributed by atoms with E-state index < -0.39 is 0 Å². The van der Waals surface area contributed by atoms with Crippen LogP contribution < -0.4 is 5.32 Å². The van der Waals surface area contributed by atoms with Crippen LogP contribution in [0.1, 0.15) is 5.56 Å². The highest BCUT2D eigenvalue weighted by Gasteiger charge is 1.92. The summed E-state index contributed by atoms with van der Waals surface area (Å²) in [6, 6.07) is 10.3. The minimum atomic E-state index is 0.860. The molecule has 0 saturated carbocycles. The van der Waals surface area contributed by atoms with E-state index in [9.17, 15) is 0 Å². The molecule has 0 aliphatic rings. The Kier molecular flexibility index (Phi) is 2.57. The van der Waals surface area contributed by atoms with Gasteiger partial charge in [0.15, 0.2) is 0 Å². The number of benzene rings is 1. The van der Waals surface area contributed by atoms with E-state index in [1.807, 2.05) is 29.8 Å². The maximum Gasteiger partial charge on any atom is 0.0655 e. The van der Waals surface area contributed by atoms with E-state index in [2.05, 4.69) is 21.8 Å². The molecule has 0 fully saturated rings. The van der Waals surface area contributed by atoms with Gasteiger partial charge >= 0.3 is 0 Å². The van der Waals surface area contributed by atoms with Crippen LogP contribution in [0.4, 0.5) is 5.69 Å². The third kappa shape index (κ3) is 2.29. The number of rotatable bonds is 3. The number of anilines is 1. The van der Waals surface area contributed by atoms with Gasteiger partial charge in [0.05, 0.1) is 11.9 Å². The third-order valence-corrected chi connectivity index (χ3v) is 2.36. The summed E-state index contributed by atoms with van der Waals surface area (Å²) in [5, 5.41) is 5.29. The lowest BCUT2D eigenvalue weighted by atomic mass is 10.2. The molecule has 0 atom stereocenters. The van der Waals surface area contributed by atoms with Crippen molar-refractivity contribution in [3.63, 3.8) is 0 Å². The molecule has 0 unspecified atom stereocenters. The average molecular weight is 190 g/mol. The summed E-state index contributed by atoms with van der Waals surface area (Å²) in [6.45, 7) is 0.860. The molecule has 0 bridgehead atoms. The lowest BCUT2D eigenvalue weighted by Crippen LogP contribution is -1.97. The van der Waals surface area contributed by atoms with Crippen LogP contribution in [-0.2, 0) is 6.54 Å². The van der Waals surface area contributed by atoms with Crippen molar-refractivity contribution in [1.82, 2.24) is 4.37 Å². The molecule has 2 nitrogen and oxygen atoms in total. The zero-order valence-electron chi connectivity index (χ0n) is 7.10. The van der Waals surface area contributed by atoms with Gasteiger partial charge in [-0.25, -0.2) is 0 Å². The van der Waals surface area contributed by atoms with E-state index in [-0.39, 0.29) is 0 Å². The average Bonchev–Trinajstić information content (AvgIpc) is 2.69. The molecule has 0 spiro atoms. The lowest BCUT2D eigenvalue weighted by molar-refractivity contribution is 1.15. The fourth-order valence-electron chi connectivity index (χ4n) is 1.09. The first-order valence-corrected chi connectivity index (χ1v) is 4.96. The molecule has 66 valence electrons. The predicted octanol–water partition coefficient (Wildman–Crippen LogP) is 2.76. The number of nitrogens with one attached hydrogen (secondary N) is 1. The summed E-state index contributed by atoms with van der Waals surface area (Å²) < 4.78 is 4.01. The zero-order chi connectivity index (χ0) is 8.93. The normalized spacial score (nSPS) is 9.85. The SMILES string of the molecule is c1ccc(CNc2cnsc2)cc1. The second kappa shape index (κ2) is 4.05. The molecule has 0 saturated heterocycles. The second-order valence-electron chi connectivity index (χ2n) is 2.75. The van der Waals surface area contributed by atoms with E-state index in [4.69, 9.17) is 0 Å². The number of hydrogen-bond donors (Lipinski definition) is 1. The first kappa shape index (κ1) is 8.26. The van der Waals surface area contributed by atoms with Gasteiger partial charge in [-0.3, -0.25) is 0 Å². The van der Waals surface area contributed by atoms with Crippen molar-refractivity contribution in [3.8, 4) is 0 Å². The molecule has 0 aliphatic carbocycles. The van der Waals surface area contributed by atoms with E-state index in [1.165, 1.54) is 17.1 Å². The summed E-state index contributed by atoms with van der Waals surface area (Å²) in [5.74, 6) is 0. The van der Waals surface area contributed by atoms with Gasteiger partial charge in [-0.2, -0.15) is 4.37 Å². The minimum Gasteiger partial charge on any atom is -0.379 e. The van der Waals surface area contributed by atoms with Crippen LogP contribution in [0.2, 0.25) is 0 Å². The van der Waals surface area contributed by atoms with Gasteiger partial charge in [-0.05, 0) is 17.1 Å². The van der Waals surface area contributed by atoms with Crippen molar-refractivity contribution >= 4 is 17.2 Å². The summed E-state index contributed by atoms with van der Waals surface area (Å²) in [4.78, 5) is 0. The largest absolute Gasteiger partial charge is 0.379 e. The molecule has 1 aromatic carbocycles. The molecule has 2 aromatic rings. The molecule has 1 aromatic heterocycles. The van der Waals surface area contributed by atoms with Crippen LogP contribution >= 0.6 is 11.5 Å². The van der Waals surface area contributed by atoms with Crippen LogP contribution in [0.25, 0.3) is 0 Å². The Morgan fingerprint density at radius 1 is 1.23 bits per heavy atom. The van der Waals surface area contributed by atoms with Gasteiger partial charge in [-0.1, -0.05) is 30.3 Å². The standard InChI is InChI=1S/C10H10N2S/c1-2-4-9(5-3-1)6-11-10-7-12-13-8-10/h1-5,7-8,11H,6H2. The first-order chi connectivity index (χ1) is 6.45. The van der Waals surface area contributed by atoms with Gasteiger partial charge in [-0.15, -0.1) is 0 Å². The van der Waals surface area contributed by atoms with Gasteiger partial charge in [0.1, 0.15) is 0 Å². The Labute approximate surface area is 81.4 Å². The third-order valence-electron chi connectivity index (χ3n) is 1.77. The predicted molar refractivity (Wildman–Crippen MR) is 55.9 cm³/mol. The van der Waals surface area contributed by atoms with Crippen LogP contribution in [-0.4, -0.2) is 4.37 Å². The fraction of sp³-hybridized carbons (Fsp3) is 0.100. The van der Waals surface area contributed by atoms with Crippen molar-refractivity contribution in [2.45, 2.75) is 6.54 Å². The number of aromatic nitrogens is 1. The van der Waals surface area contributed by atoms with Crippen molar-refractivity contribution in [1.29, 1.82) is 0 Å². The van der Waals surface area contributed by atoms with Gasteiger partial charge in [0.2, 0.25) is 0 Å². The van der Waals surface area contributed by atoms with Crippen LogP contribution in [0.5, 0.6) is 0 Å². The maximum atomic E-state index is 4.01. The van der Waals surface area contributed by atoms with Gasteiger partial charge in [0.25, 0.3) is 0 Å². The van der Waals surface area contributed by atoms with E-state index in [0.717, 1.165) is 12.2 Å². The molecule has 13 heavy (non-hydrogen) atoms. The van der Waals surface area contributed by atoms with Gasteiger partial charge < -0.3 is 5.32 Å². The molecule has 0 amide bonds. The molecular weight excluding hydrogens is 180 g/mol. The summed E-state index contributed by atoms with van der Waals surface area (Å²) in [6.07, 6.45) is 1.84. The first-order valence-electron chi connectivity index (χ1n) is 4.12. The van der Waals surface area contributed by atoms with E-state index in [0.29, 0.717) is 0 Å². The number of hydrogen-bond acceptors (Lipinski definition) is 3. The Morgan fingerprint density at radius 2 is 2.08 bits per heavy atom. The maximum absolute atomic E-state index is 4.01. The lowest BCUT2D eigenvalue weighted by Gasteiger charge is -2.02.